The molecule has 12 heteroatoms. The zero-order valence-electron chi connectivity index (χ0n) is 62.1. The number of hydrogen-bond acceptors (Lipinski definition) is 11. The first-order valence-corrected chi connectivity index (χ1v) is 34.7. The number of rotatable bonds is 6. The fourth-order valence-corrected chi connectivity index (χ4v) is 7.44. The van der Waals surface area contributed by atoms with Crippen LogP contribution in [0.3, 0.4) is 0 Å². The van der Waals surface area contributed by atoms with Crippen LogP contribution in [0.15, 0.2) is 308 Å². The Kier molecular flexibility index (Phi) is 55.9. The van der Waals surface area contributed by atoms with Gasteiger partial charge in [0.25, 0.3) is 0 Å². The summed E-state index contributed by atoms with van der Waals surface area (Å²) in [6, 6.07) is 88.6. The van der Waals surface area contributed by atoms with Crippen molar-refractivity contribution in [1.29, 1.82) is 0 Å². The number of amides is 2. The molecule has 2 heterocycles. The third kappa shape index (κ3) is 48.4. The maximum atomic E-state index is 11.9. The van der Waals surface area contributed by atoms with Crippen LogP contribution in [0.5, 0.6) is 46.0 Å². The zero-order valence-corrected chi connectivity index (χ0v) is 62.1. The number of carbonyl (C=O) groups is 2. The van der Waals surface area contributed by atoms with E-state index in [9.17, 15) is 9.59 Å². The molecule has 0 bridgehead atoms. The number of benzene rings is 10. The van der Waals surface area contributed by atoms with Gasteiger partial charge in [-0.1, -0.05) is 286 Å². The summed E-state index contributed by atoms with van der Waals surface area (Å²) in [4.78, 5) is 24.9. The second kappa shape index (κ2) is 61.4. The van der Waals surface area contributed by atoms with Crippen LogP contribution in [-0.4, -0.2) is 52.7 Å². The van der Waals surface area contributed by atoms with Gasteiger partial charge in [-0.2, -0.15) is 0 Å². The van der Waals surface area contributed by atoms with Gasteiger partial charge in [-0.3, -0.25) is 14.5 Å². The monoisotopic (exact) mass is 1370 g/mol. The quantitative estimate of drug-likeness (QED) is 0.0734. The van der Waals surface area contributed by atoms with Crippen molar-refractivity contribution >= 4 is 17.5 Å². The van der Waals surface area contributed by atoms with Gasteiger partial charge in [0.05, 0.1) is 12.0 Å². The van der Waals surface area contributed by atoms with Gasteiger partial charge in [-0.05, 0) is 169 Å². The molecule has 12 rings (SSSR count). The summed E-state index contributed by atoms with van der Waals surface area (Å²) in [5.41, 5.74) is 6.23. The molecule has 1 aliphatic rings. The number of carbonyl (C=O) groups excluding carboxylic acids is 2. The molecule has 1 aliphatic heterocycles. The maximum Gasteiger partial charge on any atom is 0.237 e. The molecule has 0 radical (unpaired) electrons. The lowest BCUT2D eigenvalue weighted by atomic mass is 10.00. The Morgan fingerprint density at radius 2 is 0.485 bits per heavy atom. The van der Waals surface area contributed by atoms with Gasteiger partial charge in [-0.25, -0.2) is 0 Å². The fraction of sp³-hybridized carbons (Fsp3) is 0.258. The van der Waals surface area contributed by atoms with Crippen molar-refractivity contribution in [2.45, 2.75) is 141 Å². The molecular formula is C89H115NO11. The Hall–Kier alpha value is -11.0. The molecule has 1 fully saturated rings. The lowest BCUT2D eigenvalue weighted by Gasteiger charge is -2.14. The van der Waals surface area contributed by atoms with Crippen molar-refractivity contribution in [2.75, 3.05) is 4.90 Å². The molecule has 1 aromatic heterocycles. The van der Waals surface area contributed by atoms with E-state index < -0.39 is 0 Å². The summed E-state index contributed by atoms with van der Waals surface area (Å²) in [7, 11) is 0. The van der Waals surface area contributed by atoms with Crippen LogP contribution >= 0.6 is 0 Å². The molecule has 2 unspecified atom stereocenters. The highest BCUT2D eigenvalue weighted by molar-refractivity contribution is 6.21. The number of imide groups is 1. The summed E-state index contributed by atoms with van der Waals surface area (Å²) >= 11 is 0. The van der Waals surface area contributed by atoms with Crippen LogP contribution in [-0.2, 0) is 35.3 Å². The number of nitrogens with zero attached hydrogens (tertiary/aromatic N) is 1. The van der Waals surface area contributed by atoms with E-state index >= 15 is 0 Å². The van der Waals surface area contributed by atoms with Gasteiger partial charge in [0, 0.05) is 17.8 Å². The number of phenolic OH excluding ortho intramolecular Hbond substituents is 8. The van der Waals surface area contributed by atoms with E-state index in [1.54, 1.807) is 202 Å². The van der Waals surface area contributed by atoms with E-state index in [0.29, 0.717) is 51.9 Å². The lowest BCUT2D eigenvalue weighted by molar-refractivity contribution is -0.122. The summed E-state index contributed by atoms with van der Waals surface area (Å²) in [6.07, 6.45) is 8.78. The summed E-state index contributed by atoms with van der Waals surface area (Å²) in [5, 5.41) is 69.6. The third-order valence-electron chi connectivity index (χ3n) is 13.2. The Morgan fingerprint density at radius 1 is 0.297 bits per heavy atom. The van der Waals surface area contributed by atoms with E-state index in [2.05, 4.69) is 118 Å². The van der Waals surface area contributed by atoms with E-state index in [1.165, 1.54) is 52.1 Å². The largest absolute Gasteiger partial charge is 0.508 e. The highest BCUT2D eigenvalue weighted by atomic mass is 16.3. The van der Waals surface area contributed by atoms with E-state index in [-0.39, 0.29) is 29.4 Å². The molecule has 0 saturated carbocycles. The Balaban J connectivity index is 0. The molecule has 11 aromatic rings. The average Bonchev–Trinajstić information content (AvgIpc) is 1.65. The second-order valence-electron chi connectivity index (χ2n) is 22.1. The first-order valence-electron chi connectivity index (χ1n) is 34.7. The van der Waals surface area contributed by atoms with Crippen LogP contribution in [0.4, 0.5) is 5.69 Å². The Morgan fingerprint density at radius 3 is 0.614 bits per heavy atom. The normalized spacial score (nSPS) is 11.3. The molecular weight excluding hydrogens is 1260 g/mol. The van der Waals surface area contributed by atoms with Crippen molar-refractivity contribution in [2.24, 2.45) is 11.8 Å². The standard InChI is InChI=1S/C12H13NO3.2C10H14.C7H10O.7C6H6O.2C3H8.C2H6/c1-7-8(2)12(16)13(11(7)15)9-3-5-10(14)6-4-9;2*1-3-9-5-7-10(4-2)8-6-9;1-6(2)7-4-3-5-8-7;7*7-6-4-2-1-3-5-6;2*1-3-2;1-2/h3-8,14H,1-2H3;2*5-8H,3-4H2,1-2H3;3-6H,1-2H3;7*1-5,7H;2*3H2,1-2H3;1-2H3. The van der Waals surface area contributed by atoms with Crippen molar-refractivity contribution in [3.63, 3.8) is 0 Å². The van der Waals surface area contributed by atoms with E-state index in [4.69, 9.17) is 45.3 Å². The van der Waals surface area contributed by atoms with Gasteiger partial charge in [0.2, 0.25) is 11.8 Å². The van der Waals surface area contributed by atoms with Gasteiger partial charge in [-0.15, -0.1) is 0 Å². The third-order valence-corrected chi connectivity index (χ3v) is 13.2. The number of aromatic hydroxyl groups is 8. The molecule has 8 N–H and O–H groups in total. The number of phenols is 8. The topological polar surface area (TPSA) is 212 Å². The number of para-hydroxylation sites is 7. The molecule has 12 nitrogen and oxygen atoms in total. The van der Waals surface area contributed by atoms with Crippen molar-refractivity contribution in [3.8, 4) is 46.0 Å². The van der Waals surface area contributed by atoms with Crippen molar-refractivity contribution in [3.05, 3.63) is 332 Å². The summed E-state index contributed by atoms with van der Waals surface area (Å²) in [5.74, 6) is 3.04. The van der Waals surface area contributed by atoms with Crippen LogP contribution in [0.2, 0.25) is 0 Å². The van der Waals surface area contributed by atoms with Crippen LogP contribution in [0, 0.1) is 11.8 Å². The Labute approximate surface area is 604 Å². The SMILES string of the molecule is CC.CC(C)c1ccco1.CC1C(=O)N(c2ccc(O)cc2)C(=O)C1C.CCC.CCC.CCc1ccc(CC)cc1.CCc1ccc(CC)cc1.Oc1ccccc1.Oc1ccccc1.Oc1ccccc1.Oc1ccccc1.Oc1ccccc1.Oc1ccccc1.Oc1ccccc1. The van der Waals surface area contributed by atoms with Crippen LogP contribution in [0.25, 0.3) is 0 Å². The summed E-state index contributed by atoms with van der Waals surface area (Å²) < 4.78 is 5.09. The lowest BCUT2D eigenvalue weighted by Crippen LogP contribution is -2.30. The number of anilines is 1. The molecule has 0 aliphatic carbocycles. The fourth-order valence-electron chi connectivity index (χ4n) is 7.44. The molecule has 101 heavy (non-hydrogen) atoms. The maximum absolute atomic E-state index is 11.9. The minimum absolute atomic E-state index is 0.115. The minimum atomic E-state index is -0.277. The van der Waals surface area contributed by atoms with E-state index in [1.807, 2.05) is 68.4 Å². The second-order valence-corrected chi connectivity index (χ2v) is 22.1. The van der Waals surface area contributed by atoms with Gasteiger partial charge < -0.3 is 45.3 Å². The molecule has 1 saturated heterocycles. The molecule has 2 atom stereocenters. The minimum Gasteiger partial charge on any atom is -0.508 e. The highest BCUT2D eigenvalue weighted by Crippen LogP contribution is 2.31. The van der Waals surface area contributed by atoms with Crippen molar-refractivity contribution < 1.29 is 54.9 Å². The molecule has 0 spiro atoms. The summed E-state index contributed by atoms with van der Waals surface area (Å²) in [6.45, 7) is 29.0. The molecule has 2 amide bonds. The predicted octanol–water partition coefficient (Wildman–Crippen LogP) is 23.2. The number of furan rings is 1. The molecule has 10 aromatic carbocycles. The van der Waals surface area contributed by atoms with Gasteiger partial charge >= 0.3 is 0 Å². The smallest absolute Gasteiger partial charge is 0.237 e. The average molecular weight is 1370 g/mol. The van der Waals surface area contributed by atoms with Crippen LogP contribution < -0.4 is 4.90 Å². The van der Waals surface area contributed by atoms with Gasteiger partial charge in [0.15, 0.2) is 0 Å². The first-order chi connectivity index (χ1) is 48.6. The van der Waals surface area contributed by atoms with Crippen molar-refractivity contribution in [1.82, 2.24) is 0 Å². The van der Waals surface area contributed by atoms with Crippen LogP contribution in [0.1, 0.15) is 144 Å². The first kappa shape index (κ1) is 92.1. The molecule has 542 valence electrons. The number of aryl methyl sites for hydroxylation is 4. The zero-order chi connectivity index (χ0) is 75.9. The van der Waals surface area contributed by atoms with E-state index in [0.717, 1.165) is 31.4 Å². The highest BCUT2D eigenvalue weighted by Gasteiger charge is 2.43. The van der Waals surface area contributed by atoms with Gasteiger partial charge in [0.1, 0.15) is 51.8 Å². The number of hydrogen-bond donors (Lipinski definition) is 8. The predicted molar refractivity (Wildman–Crippen MR) is 422 cm³/mol. The Bertz CT molecular complexity index is 3080.